The summed E-state index contributed by atoms with van der Waals surface area (Å²) < 4.78 is 5.43. The molecule has 0 spiro atoms. The number of thioether (sulfide) groups is 1. The molecule has 60 valence electrons. The summed E-state index contributed by atoms with van der Waals surface area (Å²) in [6.07, 6.45) is 1.66. The van der Waals surface area contributed by atoms with Gasteiger partial charge < -0.3 is 4.74 Å². The van der Waals surface area contributed by atoms with E-state index in [9.17, 15) is 4.79 Å². The van der Waals surface area contributed by atoms with Gasteiger partial charge in [-0.05, 0) is 6.92 Å². The van der Waals surface area contributed by atoms with Crippen LogP contribution in [0.5, 0.6) is 0 Å². The van der Waals surface area contributed by atoms with E-state index in [4.69, 9.17) is 4.74 Å². The second kappa shape index (κ2) is 4.35. The molecule has 1 heterocycles. The fourth-order valence-electron chi connectivity index (χ4n) is 0.479. The van der Waals surface area contributed by atoms with E-state index in [1.54, 1.807) is 13.1 Å². The Labute approximate surface area is 72.8 Å². The molecule has 11 heavy (non-hydrogen) atoms. The van der Waals surface area contributed by atoms with Crippen molar-refractivity contribution in [2.24, 2.45) is 0 Å². The van der Waals surface area contributed by atoms with Crippen molar-refractivity contribution < 1.29 is 9.53 Å². The van der Waals surface area contributed by atoms with Gasteiger partial charge in [0.15, 0.2) is 4.34 Å². The van der Waals surface area contributed by atoms with Crippen LogP contribution in [0.3, 0.4) is 0 Å². The molecule has 0 aromatic carbocycles. The molecule has 0 aliphatic rings. The van der Waals surface area contributed by atoms with Crippen LogP contribution in [-0.2, 0) is 4.74 Å². The third-order valence-corrected chi connectivity index (χ3v) is 2.51. The summed E-state index contributed by atoms with van der Waals surface area (Å²) in [6.45, 7) is 2.19. The molecule has 0 atom stereocenters. The number of thiazole rings is 1. The molecule has 3 nitrogen and oxygen atoms in total. The van der Waals surface area contributed by atoms with Crippen LogP contribution in [0.4, 0.5) is 4.79 Å². The summed E-state index contributed by atoms with van der Waals surface area (Å²) >= 11 is 2.45. The minimum atomic E-state index is -0.289. The van der Waals surface area contributed by atoms with Crippen LogP contribution in [0.2, 0.25) is 0 Å². The van der Waals surface area contributed by atoms with E-state index in [0.717, 1.165) is 16.1 Å². The number of hydrogen-bond acceptors (Lipinski definition) is 5. The fraction of sp³-hybridized carbons (Fsp3) is 0.333. The number of rotatable bonds is 2. The molecule has 0 amide bonds. The molecule has 0 N–H and O–H groups in total. The fourth-order valence-corrected chi connectivity index (χ4v) is 1.84. The molecule has 5 heteroatoms. The first-order valence-corrected chi connectivity index (χ1v) is 4.76. The van der Waals surface area contributed by atoms with E-state index in [1.807, 2.05) is 5.38 Å². The topological polar surface area (TPSA) is 39.2 Å². The van der Waals surface area contributed by atoms with Crippen LogP contribution in [-0.4, -0.2) is 16.9 Å². The van der Waals surface area contributed by atoms with E-state index >= 15 is 0 Å². The van der Waals surface area contributed by atoms with Gasteiger partial charge in [0.2, 0.25) is 0 Å². The molecule has 0 bridgehead atoms. The second-order valence-corrected chi connectivity index (χ2v) is 3.66. The molecular formula is C6H7NO2S2. The third kappa shape index (κ3) is 2.90. The van der Waals surface area contributed by atoms with Gasteiger partial charge in [0.25, 0.3) is 0 Å². The average Bonchev–Trinajstić information content (AvgIpc) is 2.40. The molecule has 0 aliphatic heterocycles. The molecule has 1 rings (SSSR count). The maximum atomic E-state index is 10.8. The molecular weight excluding hydrogens is 182 g/mol. The van der Waals surface area contributed by atoms with Crippen LogP contribution in [0.25, 0.3) is 0 Å². The summed E-state index contributed by atoms with van der Waals surface area (Å²) in [6, 6.07) is 0. The number of carbonyl (C=O) groups is 1. The lowest BCUT2D eigenvalue weighted by Gasteiger charge is -1.95. The van der Waals surface area contributed by atoms with Gasteiger partial charge in [-0.3, -0.25) is 0 Å². The van der Waals surface area contributed by atoms with Crippen LogP contribution < -0.4 is 0 Å². The van der Waals surface area contributed by atoms with Crippen LogP contribution in [0.1, 0.15) is 6.92 Å². The first kappa shape index (κ1) is 8.55. The molecule has 0 saturated carbocycles. The SMILES string of the molecule is CCOC(=O)Sc1nccs1. The Hall–Kier alpha value is -0.550. The second-order valence-electron chi connectivity index (χ2n) is 1.58. The van der Waals surface area contributed by atoms with Crippen molar-refractivity contribution in [1.29, 1.82) is 0 Å². The zero-order valence-electron chi connectivity index (χ0n) is 5.94. The minimum absolute atomic E-state index is 0.289. The maximum absolute atomic E-state index is 10.8. The zero-order valence-corrected chi connectivity index (χ0v) is 7.58. The van der Waals surface area contributed by atoms with Gasteiger partial charge in [0.05, 0.1) is 6.61 Å². The van der Waals surface area contributed by atoms with Crippen molar-refractivity contribution in [3.8, 4) is 0 Å². The van der Waals surface area contributed by atoms with E-state index in [2.05, 4.69) is 4.98 Å². The van der Waals surface area contributed by atoms with E-state index in [-0.39, 0.29) is 5.30 Å². The number of nitrogens with zero attached hydrogens (tertiary/aromatic N) is 1. The predicted molar refractivity (Wildman–Crippen MR) is 45.0 cm³/mol. The molecule has 0 saturated heterocycles. The highest BCUT2D eigenvalue weighted by Crippen LogP contribution is 2.21. The average molecular weight is 189 g/mol. The summed E-state index contributed by atoms with van der Waals surface area (Å²) in [5.74, 6) is 0. The largest absolute Gasteiger partial charge is 0.458 e. The highest BCUT2D eigenvalue weighted by atomic mass is 32.2. The number of hydrogen-bond donors (Lipinski definition) is 0. The Morgan fingerprint density at radius 2 is 2.73 bits per heavy atom. The number of aromatic nitrogens is 1. The third-order valence-electron chi connectivity index (χ3n) is 0.842. The Bertz CT molecular complexity index is 222. The summed E-state index contributed by atoms with van der Waals surface area (Å²) in [5, 5.41) is 1.53. The van der Waals surface area contributed by atoms with Crippen molar-refractivity contribution >= 4 is 28.4 Å². The monoisotopic (exact) mass is 189 g/mol. The quantitative estimate of drug-likeness (QED) is 0.529. The van der Waals surface area contributed by atoms with Crippen molar-refractivity contribution in [3.05, 3.63) is 11.6 Å². The zero-order chi connectivity index (χ0) is 8.10. The highest BCUT2D eigenvalue weighted by Gasteiger charge is 2.05. The summed E-state index contributed by atoms with van der Waals surface area (Å²) in [7, 11) is 0. The lowest BCUT2D eigenvalue weighted by atomic mass is 10.9. The van der Waals surface area contributed by atoms with E-state index < -0.39 is 0 Å². The molecule has 1 aromatic heterocycles. The molecule has 1 aromatic rings. The Kier molecular flexibility index (Phi) is 3.38. The molecule has 0 radical (unpaired) electrons. The van der Waals surface area contributed by atoms with Crippen molar-refractivity contribution in [2.75, 3.05) is 6.61 Å². The van der Waals surface area contributed by atoms with Gasteiger partial charge in [0, 0.05) is 23.3 Å². The maximum Gasteiger partial charge on any atom is 0.374 e. The number of ether oxygens (including phenoxy) is 1. The van der Waals surface area contributed by atoms with Crippen molar-refractivity contribution in [1.82, 2.24) is 4.98 Å². The van der Waals surface area contributed by atoms with Gasteiger partial charge in [-0.1, -0.05) is 0 Å². The van der Waals surface area contributed by atoms with Crippen LogP contribution in [0.15, 0.2) is 15.9 Å². The van der Waals surface area contributed by atoms with Gasteiger partial charge in [-0.2, -0.15) is 0 Å². The molecule has 0 fully saturated rings. The lowest BCUT2D eigenvalue weighted by Crippen LogP contribution is -1.94. The van der Waals surface area contributed by atoms with Gasteiger partial charge in [-0.25, -0.2) is 9.78 Å². The predicted octanol–water partition coefficient (Wildman–Crippen LogP) is 2.39. The normalized spacial score (nSPS) is 9.55. The Balaban J connectivity index is 2.37. The van der Waals surface area contributed by atoms with Gasteiger partial charge in [0.1, 0.15) is 0 Å². The Morgan fingerprint density at radius 3 is 3.27 bits per heavy atom. The summed E-state index contributed by atoms with van der Waals surface area (Å²) in [4.78, 5) is 14.7. The number of carbonyl (C=O) groups excluding carboxylic acids is 1. The standard InChI is InChI=1S/C6H7NO2S2/c1-2-9-6(8)11-5-7-3-4-10-5/h3-4H,2H2,1H3. The van der Waals surface area contributed by atoms with Gasteiger partial charge >= 0.3 is 5.30 Å². The minimum Gasteiger partial charge on any atom is -0.458 e. The highest BCUT2D eigenvalue weighted by molar-refractivity contribution is 8.14. The van der Waals surface area contributed by atoms with Crippen molar-refractivity contribution in [2.45, 2.75) is 11.3 Å². The smallest absolute Gasteiger partial charge is 0.374 e. The van der Waals surface area contributed by atoms with E-state index in [1.165, 1.54) is 11.3 Å². The van der Waals surface area contributed by atoms with Crippen LogP contribution >= 0.6 is 23.1 Å². The summed E-state index contributed by atoms with van der Waals surface area (Å²) in [5.41, 5.74) is 0. The van der Waals surface area contributed by atoms with Crippen molar-refractivity contribution in [3.63, 3.8) is 0 Å². The van der Waals surface area contributed by atoms with Crippen LogP contribution in [0, 0.1) is 0 Å². The lowest BCUT2D eigenvalue weighted by molar-refractivity contribution is 0.181. The van der Waals surface area contributed by atoms with E-state index in [0.29, 0.717) is 6.61 Å². The van der Waals surface area contributed by atoms with Gasteiger partial charge in [-0.15, -0.1) is 11.3 Å². The molecule has 0 aliphatic carbocycles. The first-order chi connectivity index (χ1) is 5.33. The first-order valence-electron chi connectivity index (χ1n) is 3.07. The molecule has 0 unspecified atom stereocenters. The Morgan fingerprint density at radius 1 is 1.91 bits per heavy atom.